The molecule has 96 valence electrons. The SMILES string of the molecule is CN(C)C1CCCN(c2nc3ccccc3[nH]2)C1. The Kier molecular flexibility index (Phi) is 2.96. The number of nitrogens with zero attached hydrogens (tertiary/aromatic N) is 3. The fourth-order valence-electron chi connectivity index (χ4n) is 2.66. The molecule has 1 aromatic carbocycles. The van der Waals surface area contributed by atoms with Crippen LogP contribution in [0.5, 0.6) is 0 Å². The van der Waals surface area contributed by atoms with Gasteiger partial charge in [-0.2, -0.15) is 0 Å². The minimum Gasteiger partial charge on any atom is -0.341 e. The molecule has 0 saturated carbocycles. The Hall–Kier alpha value is -1.55. The molecule has 4 nitrogen and oxygen atoms in total. The van der Waals surface area contributed by atoms with Crippen LogP contribution in [0.2, 0.25) is 0 Å². The second-order valence-electron chi connectivity index (χ2n) is 5.28. The van der Waals surface area contributed by atoms with Gasteiger partial charge < -0.3 is 14.8 Å². The molecule has 1 N–H and O–H groups in total. The molecular weight excluding hydrogens is 224 g/mol. The molecule has 1 aliphatic heterocycles. The summed E-state index contributed by atoms with van der Waals surface area (Å²) in [7, 11) is 4.32. The Balaban J connectivity index is 1.85. The highest BCUT2D eigenvalue weighted by Crippen LogP contribution is 2.21. The third-order valence-electron chi connectivity index (χ3n) is 3.80. The summed E-state index contributed by atoms with van der Waals surface area (Å²) < 4.78 is 0. The van der Waals surface area contributed by atoms with E-state index in [0.717, 1.165) is 30.1 Å². The van der Waals surface area contributed by atoms with Crippen molar-refractivity contribution in [2.24, 2.45) is 0 Å². The van der Waals surface area contributed by atoms with Crippen molar-refractivity contribution >= 4 is 17.0 Å². The van der Waals surface area contributed by atoms with Crippen molar-refractivity contribution < 1.29 is 0 Å². The molecule has 18 heavy (non-hydrogen) atoms. The number of H-pyrrole nitrogens is 1. The van der Waals surface area contributed by atoms with Gasteiger partial charge in [0.25, 0.3) is 0 Å². The van der Waals surface area contributed by atoms with Crippen LogP contribution in [0, 0.1) is 0 Å². The monoisotopic (exact) mass is 244 g/mol. The van der Waals surface area contributed by atoms with Gasteiger partial charge >= 0.3 is 0 Å². The number of aromatic amines is 1. The second kappa shape index (κ2) is 4.61. The maximum Gasteiger partial charge on any atom is 0.203 e. The highest BCUT2D eigenvalue weighted by atomic mass is 15.3. The minimum absolute atomic E-state index is 0.631. The van der Waals surface area contributed by atoms with Crippen LogP contribution in [0.1, 0.15) is 12.8 Å². The Morgan fingerprint density at radius 1 is 1.33 bits per heavy atom. The Bertz CT molecular complexity index is 498. The number of nitrogens with one attached hydrogen (secondary N) is 1. The lowest BCUT2D eigenvalue weighted by Gasteiger charge is -2.35. The van der Waals surface area contributed by atoms with Crippen LogP contribution >= 0.6 is 0 Å². The number of likely N-dealkylation sites (N-methyl/N-ethyl adjacent to an activating group) is 1. The summed E-state index contributed by atoms with van der Waals surface area (Å²) in [6, 6.07) is 8.85. The third kappa shape index (κ3) is 2.08. The van der Waals surface area contributed by atoms with Gasteiger partial charge in [0.1, 0.15) is 0 Å². The molecule has 1 saturated heterocycles. The molecule has 3 rings (SSSR count). The van der Waals surface area contributed by atoms with Crippen LogP contribution < -0.4 is 4.90 Å². The van der Waals surface area contributed by atoms with Crippen molar-refractivity contribution in [2.75, 3.05) is 32.1 Å². The zero-order valence-corrected chi connectivity index (χ0v) is 11.1. The quantitative estimate of drug-likeness (QED) is 0.878. The maximum atomic E-state index is 4.68. The van der Waals surface area contributed by atoms with E-state index >= 15 is 0 Å². The molecule has 0 aliphatic carbocycles. The number of para-hydroxylation sites is 2. The van der Waals surface area contributed by atoms with Gasteiger partial charge in [0.05, 0.1) is 11.0 Å². The molecule has 0 radical (unpaired) electrons. The van der Waals surface area contributed by atoms with Gasteiger partial charge in [-0.3, -0.25) is 0 Å². The van der Waals surface area contributed by atoms with Crippen LogP contribution in [-0.2, 0) is 0 Å². The van der Waals surface area contributed by atoms with E-state index in [0.29, 0.717) is 6.04 Å². The molecule has 2 heterocycles. The number of aromatic nitrogens is 2. The van der Waals surface area contributed by atoms with Crippen LogP contribution in [-0.4, -0.2) is 48.1 Å². The lowest BCUT2D eigenvalue weighted by Crippen LogP contribution is -2.45. The highest BCUT2D eigenvalue weighted by molar-refractivity contribution is 5.77. The van der Waals surface area contributed by atoms with Gasteiger partial charge in [-0.05, 0) is 39.1 Å². The fourth-order valence-corrected chi connectivity index (χ4v) is 2.66. The first-order valence-electron chi connectivity index (χ1n) is 6.60. The van der Waals surface area contributed by atoms with E-state index in [1.807, 2.05) is 12.1 Å². The van der Waals surface area contributed by atoms with Gasteiger partial charge in [-0.25, -0.2) is 4.98 Å². The summed E-state index contributed by atoms with van der Waals surface area (Å²) in [5, 5.41) is 0. The number of benzene rings is 1. The fraction of sp³-hybridized carbons (Fsp3) is 0.500. The highest BCUT2D eigenvalue weighted by Gasteiger charge is 2.23. The largest absolute Gasteiger partial charge is 0.341 e. The van der Waals surface area contributed by atoms with Crippen molar-refractivity contribution in [1.29, 1.82) is 0 Å². The lowest BCUT2D eigenvalue weighted by atomic mass is 10.1. The van der Waals surface area contributed by atoms with Crippen molar-refractivity contribution in [2.45, 2.75) is 18.9 Å². The van der Waals surface area contributed by atoms with Crippen LogP contribution in [0.4, 0.5) is 5.95 Å². The average molecular weight is 244 g/mol. The van der Waals surface area contributed by atoms with E-state index in [4.69, 9.17) is 0 Å². The zero-order valence-electron chi connectivity index (χ0n) is 11.1. The van der Waals surface area contributed by atoms with E-state index in [-0.39, 0.29) is 0 Å². The summed E-state index contributed by atoms with van der Waals surface area (Å²) in [6.45, 7) is 2.16. The first-order valence-corrected chi connectivity index (χ1v) is 6.60. The number of hydrogen-bond donors (Lipinski definition) is 1. The number of fused-ring (bicyclic) bond motifs is 1. The van der Waals surface area contributed by atoms with Gasteiger partial charge in [0.2, 0.25) is 5.95 Å². The summed E-state index contributed by atoms with van der Waals surface area (Å²) >= 11 is 0. The van der Waals surface area contributed by atoms with E-state index in [1.165, 1.54) is 12.8 Å². The summed E-state index contributed by atoms with van der Waals surface area (Å²) in [6.07, 6.45) is 2.52. The topological polar surface area (TPSA) is 35.2 Å². The molecule has 1 unspecified atom stereocenters. The number of imidazole rings is 1. The number of anilines is 1. The standard InChI is InChI=1S/C14H20N4/c1-17(2)11-6-5-9-18(10-11)14-15-12-7-3-4-8-13(12)16-14/h3-4,7-8,11H,5-6,9-10H2,1-2H3,(H,15,16). The number of rotatable bonds is 2. The summed E-state index contributed by atoms with van der Waals surface area (Å²) in [5.41, 5.74) is 2.18. The Labute approximate surface area is 108 Å². The van der Waals surface area contributed by atoms with Crippen LogP contribution in [0.15, 0.2) is 24.3 Å². The molecular formula is C14H20N4. The van der Waals surface area contributed by atoms with E-state index < -0.39 is 0 Å². The predicted molar refractivity (Wildman–Crippen MR) is 75.0 cm³/mol. The normalized spacial score (nSPS) is 20.8. The van der Waals surface area contributed by atoms with E-state index in [1.54, 1.807) is 0 Å². The second-order valence-corrected chi connectivity index (χ2v) is 5.28. The third-order valence-corrected chi connectivity index (χ3v) is 3.80. The predicted octanol–water partition coefficient (Wildman–Crippen LogP) is 2.09. The summed E-state index contributed by atoms with van der Waals surface area (Å²) in [5.74, 6) is 1.02. The minimum atomic E-state index is 0.631. The molecule has 1 aromatic heterocycles. The van der Waals surface area contributed by atoms with Crippen LogP contribution in [0.3, 0.4) is 0 Å². The molecule has 1 fully saturated rings. The molecule has 1 atom stereocenters. The van der Waals surface area contributed by atoms with Crippen molar-refractivity contribution in [3.63, 3.8) is 0 Å². The molecule has 0 spiro atoms. The Morgan fingerprint density at radius 3 is 2.94 bits per heavy atom. The molecule has 1 aliphatic rings. The molecule has 0 amide bonds. The van der Waals surface area contributed by atoms with Crippen molar-refractivity contribution in [3.8, 4) is 0 Å². The summed E-state index contributed by atoms with van der Waals surface area (Å²) in [4.78, 5) is 12.8. The number of piperidine rings is 1. The van der Waals surface area contributed by atoms with E-state index in [9.17, 15) is 0 Å². The van der Waals surface area contributed by atoms with Gasteiger partial charge in [-0.15, -0.1) is 0 Å². The average Bonchev–Trinajstić information content (AvgIpc) is 2.82. The first kappa shape index (κ1) is 11.5. The van der Waals surface area contributed by atoms with Crippen molar-refractivity contribution in [1.82, 2.24) is 14.9 Å². The zero-order chi connectivity index (χ0) is 12.5. The smallest absolute Gasteiger partial charge is 0.203 e. The van der Waals surface area contributed by atoms with Crippen molar-refractivity contribution in [3.05, 3.63) is 24.3 Å². The van der Waals surface area contributed by atoms with Gasteiger partial charge in [-0.1, -0.05) is 12.1 Å². The Morgan fingerprint density at radius 2 is 2.17 bits per heavy atom. The maximum absolute atomic E-state index is 4.68. The molecule has 4 heteroatoms. The number of hydrogen-bond acceptors (Lipinski definition) is 3. The molecule has 0 bridgehead atoms. The van der Waals surface area contributed by atoms with Gasteiger partial charge in [0, 0.05) is 19.1 Å². The lowest BCUT2D eigenvalue weighted by molar-refractivity contribution is 0.257. The first-order chi connectivity index (χ1) is 8.74. The molecule has 2 aromatic rings. The van der Waals surface area contributed by atoms with Crippen LogP contribution in [0.25, 0.3) is 11.0 Å². The van der Waals surface area contributed by atoms with E-state index in [2.05, 4.69) is 46.0 Å². The van der Waals surface area contributed by atoms with Gasteiger partial charge in [0.15, 0.2) is 0 Å².